The molecule has 1 atom stereocenters. The van der Waals surface area contributed by atoms with Gasteiger partial charge in [-0.25, -0.2) is 29.7 Å². The zero-order valence-electron chi connectivity index (χ0n) is 22.8. The second kappa shape index (κ2) is 11.0. The third-order valence-corrected chi connectivity index (χ3v) is 5.10. The molecule has 3 rings (SSSR count). The summed E-state index contributed by atoms with van der Waals surface area (Å²) in [5.74, 6) is 1.57. The summed E-state index contributed by atoms with van der Waals surface area (Å²) in [6.45, 7) is 14.8. The normalized spacial score (nSPS) is 12.6. The molecule has 0 unspecified atom stereocenters. The number of nitrogens with one attached hydrogen (secondary N) is 3. The molecule has 3 aromatic heterocycles. The van der Waals surface area contributed by atoms with Crippen LogP contribution in [0.25, 0.3) is 22.8 Å². The number of aromatic nitrogens is 6. The molecule has 1 amide bonds. The standard InChI is InChI=1S/C25H37N9O3/c1-14(30-23(35)37-13-24(2,3)4)11-29-22-27-10-9-15(32-22)17-18(34-21(33-17)25(5,6)7)16-12-28-19(26)20(31-16)36-8/h9-10,12,14H,11,13H2,1-8H3,(H2,26,28)(H,30,35)(H,33,34)(H,27,29,32)/t14-/m0/s1. The Morgan fingerprint density at radius 1 is 1.11 bits per heavy atom. The number of amides is 1. The molecule has 200 valence electrons. The number of carbonyl (C=O) groups is 1. The van der Waals surface area contributed by atoms with Gasteiger partial charge in [0.25, 0.3) is 5.88 Å². The number of nitrogens with two attached hydrogens (primary N) is 1. The van der Waals surface area contributed by atoms with E-state index in [1.807, 2.05) is 27.7 Å². The van der Waals surface area contributed by atoms with Crippen molar-refractivity contribution in [1.82, 2.24) is 35.2 Å². The number of nitrogen functional groups attached to an aromatic ring is 1. The molecule has 0 aliphatic carbocycles. The van der Waals surface area contributed by atoms with Crippen LogP contribution in [0.2, 0.25) is 0 Å². The summed E-state index contributed by atoms with van der Waals surface area (Å²) in [4.78, 5) is 37.9. The van der Waals surface area contributed by atoms with E-state index in [-0.39, 0.29) is 28.6 Å². The number of hydrogen-bond donors (Lipinski definition) is 4. The van der Waals surface area contributed by atoms with Crippen LogP contribution >= 0.6 is 0 Å². The fraction of sp³-hybridized carbons (Fsp3) is 0.520. The smallest absolute Gasteiger partial charge is 0.407 e. The van der Waals surface area contributed by atoms with Gasteiger partial charge in [0.1, 0.15) is 17.2 Å². The molecule has 0 radical (unpaired) electrons. The average Bonchev–Trinajstić information content (AvgIpc) is 3.28. The lowest BCUT2D eigenvalue weighted by Crippen LogP contribution is -2.39. The molecule has 3 heterocycles. The van der Waals surface area contributed by atoms with Gasteiger partial charge in [-0.15, -0.1) is 0 Å². The number of H-pyrrole nitrogens is 1. The maximum absolute atomic E-state index is 12.0. The molecule has 0 spiro atoms. The Morgan fingerprint density at radius 3 is 2.49 bits per heavy atom. The first-order chi connectivity index (χ1) is 17.3. The molecule has 0 aliphatic heterocycles. The number of carbonyl (C=O) groups excluding carboxylic acids is 1. The van der Waals surface area contributed by atoms with Crippen molar-refractivity contribution in [3.8, 4) is 28.7 Å². The fourth-order valence-electron chi connectivity index (χ4n) is 3.15. The van der Waals surface area contributed by atoms with E-state index in [4.69, 9.17) is 20.2 Å². The highest BCUT2D eigenvalue weighted by Crippen LogP contribution is 2.33. The van der Waals surface area contributed by atoms with Crippen LogP contribution in [0.1, 0.15) is 54.3 Å². The zero-order valence-corrected chi connectivity index (χ0v) is 22.8. The molecule has 0 saturated heterocycles. The van der Waals surface area contributed by atoms with Gasteiger partial charge in [-0.1, -0.05) is 41.5 Å². The van der Waals surface area contributed by atoms with E-state index >= 15 is 0 Å². The molecule has 0 aromatic carbocycles. The Bertz CT molecular complexity index is 1230. The van der Waals surface area contributed by atoms with Crippen LogP contribution in [0.3, 0.4) is 0 Å². The van der Waals surface area contributed by atoms with Gasteiger partial charge in [-0.2, -0.15) is 0 Å². The second-order valence-corrected chi connectivity index (χ2v) is 11.0. The largest absolute Gasteiger partial charge is 0.478 e. The van der Waals surface area contributed by atoms with Gasteiger partial charge in [0, 0.05) is 24.2 Å². The molecule has 0 saturated carbocycles. The number of methoxy groups -OCH3 is 1. The molecular formula is C25H37N9O3. The first-order valence-electron chi connectivity index (χ1n) is 12.0. The van der Waals surface area contributed by atoms with Crippen LogP contribution in [-0.2, 0) is 10.2 Å². The number of ether oxygens (including phenoxy) is 2. The number of alkyl carbamates (subject to hydrolysis) is 1. The van der Waals surface area contributed by atoms with E-state index in [9.17, 15) is 4.79 Å². The molecule has 0 aliphatic rings. The van der Waals surface area contributed by atoms with E-state index in [0.717, 1.165) is 5.82 Å². The number of aromatic amines is 1. The number of hydrogen-bond acceptors (Lipinski definition) is 10. The summed E-state index contributed by atoms with van der Waals surface area (Å²) in [6.07, 6.45) is 2.74. The van der Waals surface area contributed by atoms with Gasteiger partial charge >= 0.3 is 6.09 Å². The Morgan fingerprint density at radius 2 is 1.84 bits per heavy atom. The molecule has 3 aromatic rings. The Labute approximate surface area is 217 Å². The molecule has 5 N–H and O–H groups in total. The number of rotatable bonds is 8. The number of anilines is 2. The van der Waals surface area contributed by atoms with Gasteiger partial charge < -0.3 is 30.8 Å². The summed E-state index contributed by atoms with van der Waals surface area (Å²) in [5.41, 5.74) is 7.83. The van der Waals surface area contributed by atoms with Gasteiger partial charge in [-0.05, 0) is 18.4 Å². The molecule has 12 heteroatoms. The van der Waals surface area contributed by atoms with E-state index in [0.29, 0.717) is 41.9 Å². The predicted molar refractivity (Wildman–Crippen MR) is 142 cm³/mol. The van der Waals surface area contributed by atoms with Crippen LogP contribution in [-0.4, -0.2) is 62.3 Å². The quantitative estimate of drug-likeness (QED) is 0.349. The topological polar surface area (TPSA) is 166 Å². The summed E-state index contributed by atoms with van der Waals surface area (Å²) in [6, 6.07) is 1.56. The SMILES string of the molecule is COc1nc(-c2nc(C(C)(C)C)[nH]c2-c2ccnc(NC[C@H](C)NC(=O)OCC(C)(C)C)n2)cnc1N. The minimum atomic E-state index is -0.462. The van der Waals surface area contributed by atoms with Crippen molar-refractivity contribution in [3.63, 3.8) is 0 Å². The van der Waals surface area contributed by atoms with Crippen molar-refractivity contribution < 1.29 is 14.3 Å². The maximum atomic E-state index is 12.0. The van der Waals surface area contributed by atoms with Crippen molar-refractivity contribution in [1.29, 1.82) is 0 Å². The summed E-state index contributed by atoms with van der Waals surface area (Å²) in [5, 5.41) is 5.97. The first kappa shape index (κ1) is 27.6. The Hall–Kier alpha value is -3.96. The number of imidazole rings is 1. The van der Waals surface area contributed by atoms with Crippen LogP contribution in [0.15, 0.2) is 18.5 Å². The Balaban J connectivity index is 1.82. The summed E-state index contributed by atoms with van der Waals surface area (Å²) < 4.78 is 10.5. The van der Waals surface area contributed by atoms with Crippen LogP contribution in [0.4, 0.5) is 16.6 Å². The summed E-state index contributed by atoms with van der Waals surface area (Å²) >= 11 is 0. The maximum Gasteiger partial charge on any atom is 0.407 e. The van der Waals surface area contributed by atoms with E-state index in [1.54, 1.807) is 18.5 Å². The van der Waals surface area contributed by atoms with Crippen LogP contribution in [0.5, 0.6) is 5.88 Å². The molecule has 0 fully saturated rings. The van der Waals surface area contributed by atoms with Crippen molar-refractivity contribution in [2.24, 2.45) is 5.41 Å². The Kier molecular flexibility index (Phi) is 8.19. The third kappa shape index (κ3) is 7.51. The van der Waals surface area contributed by atoms with E-state index in [2.05, 4.69) is 56.3 Å². The predicted octanol–water partition coefficient (Wildman–Crippen LogP) is 3.78. The molecular weight excluding hydrogens is 474 g/mol. The van der Waals surface area contributed by atoms with Crippen LogP contribution < -0.4 is 21.1 Å². The average molecular weight is 512 g/mol. The molecule has 37 heavy (non-hydrogen) atoms. The minimum Gasteiger partial charge on any atom is -0.478 e. The van der Waals surface area contributed by atoms with Gasteiger partial charge in [-0.3, -0.25) is 0 Å². The van der Waals surface area contributed by atoms with Crippen molar-refractivity contribution in [3.05, 3.63) is 24.3 Å². The minimum absolute atomic E-state index is 0.103. The van der Waals surface area contributed by atoms with E-state index < -0.39 is 6.09 Å². The zero-order chi connectivity index (χ0) is 27.4. The second-order valence-electron chi connectivity index (χ2n) is 11.0. The monoisotopic (exact) mass is 511 g/mol. The van der Waals surface area contributed by atoms with Crippen molar-refractivity contribution >= 4 is 17.9 Å². The first-order valence-corrected chi connectivity index (χ1v) is 12.0. The highest BCUT2D eigenvalue weighted by molar-refractivity contribution is 5.75. The molecule has 0 bridgehead atoms. The van der Waals surface area contributed by atoms with Crippen molar-refractivity contribution in [2.45, 2.75) is 59.9 Å². The van der Waals surface area contributed by atoms with Gasteiger partial charge in [0.15, 0.2) is 5.82 Å². The lowest BCUT2D eigenvalue weighted by Gasteiger charge is -2.20. The highest BCUT2D eigenvalue weighted by Gasteiger charge is 2.25. The summed E-state index contributed by atoms with van der Waals surface area (Å²) in [7, 11) is 1.48. The third-order valence-electron chi connectivity index (χ3n) is 5.10. The van der Waals surface area contributed by atoms with Crippen LogP contribution in [0, 0.1) is 5.41 Å². The van der Waals surface area contributed by atoms with Gasteiger partial charge in [0.05, 0.1) is 31.3 Å². The number of nitrogens with zero attached hydrogens (tertiary/aromatic N) is 5. The van der Waals surface area contributed by atoms with Gasteiger partial charge in [0.2, 0.25) is 5.95 Å². The lowest BCUT2D eigenvalue weighted by atomic mass is 9.96. The van der Waals surface area contributed by atoms with Crippen molar-refractivity contribution in [2.75, 3.05) is 31.3 Å². The van der Waals surface area contributed by atoms with E-state index in [1.165, 1.54) is 7.11 Å². The highest BCUT2D eigenvalue weighted by atomic mass is 16.5. The lowest BCUT2D eigenvalue weighted by molar-refractivity contribution is 0.104. The molecule has 12 nitrogen and oxygen atoms in total. The fourth-order valence-corrected chi connectivity index (χ4v) is 3.15.